The first-order valence-corrected chi connectivity index (χ1v) is 5.76. The van der Waals surface area contributed by atoms with E-state index in [9.17, 15) is 0 Å². The van der Waals surface area contributed by atoms with E-state index in [2.05, 4.69) is 42.2 Å². The molecule has 0 aliphatic carbocycles. The molecule has 0 unspecified atom stereocenters. The second-order valence-electron chi connectivity index (χ2n) is 2.79. The lowest BCUT2D eigenvalue weighted by Gasteiger charge is -2.05. The van der Waals surface area contributed by atoms with Crippen molar-refractivity contribution in [3.05, 3.63) is 26.9 Å². The van der Waals surface area contributed by atoms with Crippen LogP contribution >= 0.6 is 31.9 Å². The SMILES string of the molecule is CNCCCc1c(Br)cncc1Br. The molecule has 1 aromatic heterocycles. The Morgan fingerprint density at radius 2 is 1.92 bits per heavy atom. The molecule has 4 heteroatoms. The highest BCUT2D eigenvalue weighted by atomic mass is 79.9. The van der Waals surface area contributed by atoms with E-state index in [1.54, 1.807) is 0 Å². The predicted octanol–water partition coefficient (Wildman–Crippen LogP) is 2.76. The molecular formula is C9H12Br2N2. The molecule has 0 aromatic carbocycles. The van der Waals surface area contributed by atoms with E-state index in [1.807, 2.05) is 19.4 Å². The molecular weight excluding hydrogens is 296 g/mol. The predicted molar refractivity (Wildman–Crippen MR) is 61.9 cm³/mol. The van der Waals surface area contributed by atoms with Crippen LogP contribution in [0.5, 0.6) is 0 Å². The van der Waals surface area contributed by atoms with Gasteiger partial charge in [-0.2, -0.15) is 0 Å². The highest BCUT2D eigenvalue weighted by Crippen LogP contribution is 2.24. The summed E-state index contributed by atoms with van der Waals surface area (Å²) in [7, 11) is 1.97. The average molecular weight is 308 g/mol. The van der Waals surface area contributed by atoms with Gasteiger partial charge >= 0.3 is 0 Å². The van der Waals surface area contributed by atoms with Gasteiger partial charge in [-0.1, -0.05) is 0 Å². The zero-order valence-corrected chi connectivity index (χ0v) is 10.7. The lowest BCUT2D eigenvalue weighted by molar-refractivity contribution is 0.721. The van der Waals surface area contributed by atoms with Crippen molar-refractivity contribution in [3.8, 4) is 0 Å². The summed E-state index contributed by atoms with van der Waals surface area (Å²) in [6.07, 6.45) is 5.86. The smallest absolute Gasteiger partial charge is 0.0413 e. The van der Waals surface area contributed by atoms with Crippen molar-refractivity contribution in [2.24, 2.45) is 0 Å². The number of nitrogens with one attached hydrogen (secondary N) is 1. The van der Waals surface area contributed by atoms with Crippen LogP contribution in [-0.2, 0) is 6.42 Å². The third-order valence-corrected chi connectivity index (χ3v) is 3.17. The molecule has 0 spiro atoms. The minimum absolute atomic E-state index is 1.04. The molecule has 0 fully saturated rings. The number of nitrogens with zero attached hydrogens (tertiary/aromatic N) is 1. The summed E-state index contributed by atoms with van der Waals surface area (Å²) >= 11 is 6.97. The molecule has 0 bridgehead atoms. The standard InChI is InChI=1S/C9H12Br2N2/c1-12-4-2-3-7-8(10)5-13-6-9(7)11/h5-6,12H,2-4H2,1H3. The Bertz CT molecular complexity index is 256. The second-order valence-corrected chi connectivity index (χ2v) is 4.50. The van der Waals surface area contributed by atoms with Gasteiger partial charge in [-0.15, -0.1) is 0 Å². The molecule has 2 nitrogen and oxygen atoms in total. The van der Waals surface area contributed by atoms with Gasteiger partial charge in [0.1, 0.15) is 0 Å². The topological polar surface area (TPSA) is 24.9 Å². The highest BCUT2D eigenvalue weighted by molar-refractivity contribution is 9.11. The van der Waals surface area contributed by atoms with E-state index in [-0.39, 0.29) is 0 Å². The van der Waals surface area contributed by atoms with Gasteiger partial charge in [-0.3, -0.25) is 4.98 Å². The Kier molecular flexibility index (Phi) is 4.91. The number of hydrogen-bond donors (Lipinski definition) is 1. The van der Waals surface area contributed by atoms with E-state index in [0.717, 1.165) is 28.3 Å². The maximum absolute atomic E-state index is 4.06. The summed E-state index contributed by atoms with van der Waals surface area (Å²) in [6, 6.07) is 0. The van der Waals surface area contributed by atoms with Crippen molar-refractivity contribution in [2.75, 3.05) is 13.6 Å². The highest BCUT2D eigenvalue weighted by Gasteiger charge is 2.03. The number of aromatic nitrogens is 1. The Labute approximate surface area is 95.4 Å². The summed E-state index contributed by atoms with van der Waals surface area (Å²) < 4.78 is 2.16. The summed E-state index contributed by atoms with van der Waals surface area (Å²) in [4.78, 5) is 4.06. The normalized spacial score (nSPS) is 10.4. The molecule has 0 atom stereocenters. The quantitative estimate of drug-likeness (QED) is 0.865. The average Bonchev–Trinajstić information content (AvgIpc) is 2.10. The maximum atomic E-state index is 4.06. The van der Waals surface area contributed by atoms with Crippen molar-refractivity contribution < 1.29 is 0 Å². The van der Waals surface area contributed by atoms with Crippen molar-refractivity contribution in [2.45, 2.75) is 12.8 Å². The third kappa shape index (κ3) is 3.37. The van der Waals surface area contributed by atoms with Crippen LogP contribution in [0.3, 0.4) is 0 Å². The van der Waals surface area contributed by atoms with Crippen LogP contribution in [0.4, 0.5) is 0 Å². The number of halogens is 2. The van der Waals surface area contributed by atoms with E-state index in [4.69, 9.17) is 0 Å². The van der Waals surface area contributed by atoms with Crippen LogP contribution in [0.1, 0.15) is 12.0 Å². The fourth-order valence-corrected chi connectivity index (χ4v) is 2.44. The second kappa shape index (κ2) is 5.73. The van der Waals surface area contributed by atoms with Gasteiger partial charge in [-0.25, -0.2) is 0 Å². The molecule has 1 aromatic rings. The summed E-state index contributed by atoms with van der Waals surface area (Å²) in [5.41, 5.74) is 1.30. The molecule has 0 saturated heterocycles. The van der Waals surface area contributed by atoms with E-state index < -0.39 is 0 Å². The lowest BCUT2D eigenvalue weighted by atomic mass is 10.1. The Morgan fingerprint density at radius 1 is 1.31 bits per heavy atom. The first-order valence-electron chi connectivity index (χ1n) is 4.18. The minimum Gasteiger partial charge on any atom is -0.320 e. The van der Waals surface area contributed by atoms with E-state index >= 15 is 0 Å². The van der Waals surface area contributed by atoms with Crippen LogP contribution in [0.25, 0.3) is 0 Å². The van der Waals surface area contributed by atoms with E-state index in [1.165, 1.54) is 5.56 Å². The third-order valence-electron chi connectivity index (χ3n) is 1.81. The molecule has 0 aliphatic heterocycles. The van der Waals surface area contributed by atoms with Crippen LogP contribution < -0.4 is 5.32 Å². The van der Waals surface area contributed by atoms with Crippen LogP contribution in [-0.4, -0.2) is 18.6 Å². The van der Waals surface area contributed by atoms with Crippen LogP contribution in [0.15, 0.2) is 21.3 Å². The van der Waals surface area contributed by atoms with Gasteiger partial charge < -0.3 is 5.32 Å². The summed E-state index contributed by atoms with van der Waals surface area (Å²) in [5.74, 6) is 0. The molecule has 72 valence electrons. The zero-order valence-electron chi connectivity index (χ0n) is 7.48. The molecule has 0 aliphatic rings. The largest absolute Gasteiger partial charge is 0.320 e. The Balaban J connectivity index is 2.64. The minimum atomic E-state index is 1.04. The van der Waals surface area contributed by atoms with Gasteiger partial charge in [0, 0.05) is 21.3 Å². The first-order chi connectivity index (χ1) is 6.25. The molecule has 1 N–H and O–H groups in total. The van der Waals surface area contributed by atoms with Gasteiger partial charge in [0.05, 0.1) is 0 Å². The number of rotatable bonds is 4. The Hall–Kier alpha value is 0.0700. The molecule has 1 rings (SSSR count). The first kappa shape index (κ1) is 11.1. The van der Waals surface area contributed by atoms with Crippen molar-refractivity contribution in [3.63, 3.8) is 0 Å². The van der Waals surface area contributed by atoms with Gasteiger partial charge in [-0.05, 0) is 63.9 Å². The van der Waals surface area contributed by atoms with Gasteiger partial charge in [0.15, 0.2) is 0 Å². The molecule has 0 saturated carbocycles. The van der Waals surface area contributed by atoms with E-state index in [0.29, 0.717) is 0 Å². The fraction of sp³-hybridized carbons (Fsp3) is 0.444. The monoisotopic (exact) mass is 306 g/mol. The molecule has 0 amide bonds. The molecule has 1 heterocycles. The molecule has 13 heavy (non-hydrogen) atoms. The van der Waals surface area contributed by atoms with Gasteiger partial charge in [0.2, 0.25) is 0 Å². The van der Waals surface area contributed by atoms with Crippen molar-refractivity contribution >= 4 is 31.9 Å². The number of pyridine rings is 1. The molecule has 0 radical (unpaired) electrons. The van der Waals surface area contributed by atoms with Gasteiger partial charge in [0.25, 0.3) is 0 Å². The van der Waals surface area contributed by atoms with Crippen LogP contribution in [0, 0.1) is 0 Å². The maximum Gasteiger partial charge on any atom is 0.0413 e. The van der Waals surface area contributed by atoms with Crippen molar-refractivity contribution in [1.82, 2.24) is 10.3 Å². The fourth-order valence-electron chi connectivity index (χ4n) is 1.12. The lowest BCUT2D eigenvalue weighted by Crippen LogP contribution is -2.08. The Morgan fingerprint density at radius 3 is 2.46 bits per heavy atom. The number of hydrogen-bond acceptors (Lipinski definition) is 2. The summed E-state index contributed by atoms with van der Waals surface area (Å²) in [6.45, 7) is 1.04. The zero-order chi connectivity index (χ0) is 9.68. The van der Waals surface area contributed by atoms with Crippen LogP contribution in [0.2, 0.25) is 0 Å². The van der Waals surface area contributed by atoms with Crippen molar-refractivity contribution in [1.29, 1.82) is 0 Å². The summed E-state index contributed by atoms with van der Waals surface area (Å²) in [5, 5.41) is 3.13.